The van der Waals surface area contributed by atoms with Gasteiger partial charge < -0.3 is 15.5 Å². The Hall–Kier alpha value is -1.23. The Balaban J connectivity index is 0.00000341. The molecule has 2 heterocycles. The van der Waals surface area contributed by atoms with E-state index in [1.54, 1.807) is 6.07 Å². The largest absolute Gasteiger partial charge is 0.357 e. The van der Waals surface area contributed by atoms with Crippen molar-refractivity contribution in [3.63, 3.8) is 0 Å². The Morgan fingerprint density at radius 1 is 1.23 bits per heavy atom. The van der Waals surface area contributed by atoms with Gasteiger partial charge in [0.15, 0.2) is 5.96 Å². The van der Waals surface area contributed by atoms with Crippen LogP contribution in [-0.4, -0.2) is 56.0 Å². The van der Waals surface area contributed by atoms with Crippen molar-refractivity contribution in [2.75, 3.05) is 40.3 Å². The number of thiophene rings is 1. The average Bonchev–Trinajstić information content (AvgIpc) is 3.43. The third-order valence-electron chi connectivity index (χ3n) is 5.28. The molecule has 8 heteroatoms. The maximum Gasteiger partial charge on any atom is 0.191 e. The molecule has 1 aliphatic rings. The summed E-state index contributed by atoms with van der Waals surface area (Å²) in [6.45, 7) is 7.10. The van der Waals surface area contributed by atoms with Gasteiger partial charge >= 0.3 is 0 Å². The first-order valence-electron chi connectivity index (χ1n) is 10.8. The SMILES string of the molecule is CCNC(=NCc1ccc(F)c(CN(C)C)c1)NCC(c1cccs1)N1CCCC1.I. The second-order valence-corrected chi connectivity index (χ2v) is 8.99. The van der Waals surface area contributed by atoms with Crippen molar-refractivity contribution >= 4 is 41.3 Å². The van der Waals surface area contributed by atoms with Crippen LogP contribution in [0.1, 0.15) is 41.8 Å². The number of rotatable bonds is 9. The van der Waals surface area contributed by atoms with Crippen molar-refractivity contribution in [2.45, 2.75) is 38.9 Å². The minimum Gasteiger partial charge on any atom is -0.357 e. The highest BCUT2D eigenvalue weighted by Crippen LogP contribution is 2.27. The summed E-state index contributed by atoms with van der Waals surface area (Å²) >= 11 is 1.82. The summed E-state index contributed by atoms with van der Waals surface area (Å²) in [6, 6.07) is 10.0. The number of nitrogens with one attached hydrogen (secondary N) is 2. The average molecular weight is 560 g/mol. The van der Waals surface area contributed by atoms with Crippen molar-refractivity contribution in [3.05, 3.63) is 57.5 Å². The molecular weight excluding hydrogens is 524 g/mol. The molecular formula is C23H35FIN5S. The molecule has 5 nitrogen and oxygen atoms in total. The standard InChI is InChI=1S/C23H34FN5S.HI/c1-4-25-23(26-15-18-9-10-20(24)19(14-18)17-28(2)3)27-16-21(22-8-7-13-30-22)29-11-5-6-12-29;/h7-10,13-14,21H,4-6,11-12,15-17H2,1-3H3,(H2,25,26,27);1H. The van der Waals surface area contributed by atoms with Gasteiger partial charge in [0.1, 0.15) is 5.82 Å². The maximum absolute atomic E-state index is 14.1. The fourth-order valence-electron chi connectivity index (χ4n) is 3.84. The summed E-state index contributed by atoms with van der Waals surface area (Å²) in [6.07, 6.45) is 2.55. The molecule has 0 amide bonds. The Labute approximate surface area is 207 Å². The fraction of sp³-hybridized carbons (Fsp3) is 0.522. The van der Waals surface area contributed by atoms with E-state index in [4.69, 9.17) is 4.99 Å². The van der Waals surface area contributed by atoms with Crippen LogP contribution in [-0.2, 0) is 13.1 Å². The van der Waals surface area contributed by atoms with Crippen molar-refractivity contribution in [1.29, 1.82) is 0 Å². The highest BCUT2D eigenvalue weighted by atomic mass is 127. The summed E-state index contributed by atoms with van der Waals surface area (Å²) in [7, 11) is 3.89. The summed E-state index contributed by atoms with van der Waals surface area (Å²) in [5.74, 6) is 0.641. The molecule has 0 radical (unpaired) electrons. The second-order valence-electron chi connectivity index (χ2n) is 8.01. The van der Waals surface area contributed by atoms with Crippen LogP contribution in [0.15, 0.2) is 40.7 Å². The van der Waals surface area contributed by atoms with Gasteiger partial charge in [0, 0.05) is 30.1 Å². The maximum atomic E-state index is 14.1. The Kier molecular flexibility index (Phi) is 11.2. The van der Waals surface area contributed by atoms with Crippen LogP contribution in [0.5, 0.6) is 0 Å². The highest BCUT2D eigenvalue weighted by Gasteiger charge is 2.24. The molecule has 1 fully saturated rings. The van der Waals surface area contributed by atoms with Crippen molar-refractivity contribution < 1.29 is 4.39 Å². The molecule has 1 saturated heterocycles. The van der Waals surface area contributed by atoms with E-state index < -0.39 is 0 Å². The van der Waals surface area contributed by atoms with Gasteiger partial charge in [0.05, 0.1) is 12.6 Å². The zero-order valence-electron chi connectivity index (χ0n) is 18.7. The number of halogens is 2. The molecule has 1 aromatic heterocycles. The summed E-state index contributed by atoms with van der Waals surface area (Å²) < 4.78 is 14.1. The molecule has 172 valence electrons. The van der Waals surface area contributed by atoms with Crippen molar-refractivity contribution in [1.82, 2.24) is 20.4 Å². The summed E-state index contributed by atoms with van der Waals surface area (Å²) in [5.41, 5.74) is 1.72. The van der Waals surface area contributed by atoms with Gasteiger partial charge in [-0.3, -0.25) is 4.90 Å². The van der Waals surface area contributed by atoms with Gasteiger partial charge in [-0.2, -0.15) is 0 Å². The molecule has 1 unspecified atom stereocenters. The third kappa shape index (κ3) is 8.00. The van der Waals surface area contributed by atoms with E-state index in [2.05, 4.69) is 40.0 Å². The van der Waals surface area contributed by atoms with E-state index in [1.807, 2.05) is 42.5 Å². The van der Waals surface area contributed by atoms with E-state index in [0.717, 1.165) is 37.7 Å². The fourth-order valence-corrected chi connectivity index (χ4v) is 4.70. The first kappa shape index (κ1) is 26.0. The smallest absolute Gasteiger partial charge is 0.191 e. The number of guanidine groups is 1. The number of hydrogen-bond donors (Lipinski definition) is 2. The normalized spacial score (nSPS) is 15.7. The molecule has 0 saturated carbocycles. The lowest BCUT2D eigenvalue weighted by Gasteiger charge is -2.27. The predicted molar refractivity (Wildman–Crippen MR) is 140 cm³/mol. The lowest BCUT2D eigenvalue weighted by molar-refractivity contribution is 0.249. The van der Waals surface area contributed by atoms with E-state index in [9.17, 15) is 4.39 Å². The summed E-state index contributed by atoms with van der Waals surface area (Å²) in [4.78, 5) is 10.7. The third-order valence-corrected chi connectivity index (χ3v) is 6.25. The predicted octanol–water partition coefficient (Wildman–Crippen LogP) is 4.46. The van der Waals surface area contributed by atoms with Gasteiger partial charge in [0.25, 0.3) is 0 Å². The summed E-state index contributed by atoms with van der Waals surface area (Å²) in [5, 5.41) is 9.03. The molecule has 0 spiro atoms. The topological polar surface area (TPSA) is 42.9 Å². The molecule has 1 aliphatic heterocycles. The minimum atomic E-state index is -0.161. The van der Waals surface area contributed by atoms with Crippen LogP contribution < -0.4 is 10.6 Å². The van der Waals surface area contributed by atoms with Gasteiger partial charge in [-0.05, 0) is 76.1 Å². The van der Waals surface area contributed by atoms with Gasteiger partial charge in [-0.1, -0.05) is 12.1 Å². The number of nitrogens with zero attached hydrogens (tertiary/aromatic N) is 3. The second kappa shape index (κ2) is 13.3. The number of likely N-dealkylation sites (tertiary alicyclic amines) is 1. The van der Waals surface area contributed by atoms with Gasteiger partial charge in [-0.15, -0.1) is 35.3 Å². The van der Waals surface area contributed by atoms with Gasteiger partial charge in [-0.25, -0.2) is 9.38 Å². The molecule has 0 aliphatic carbocycles. The zero-order chi connectivity index (χ0) is 21.3. The number of hydrogen-bond acceptors (Lipinski definition) is 4. The van der Waals surface area contributed by atoms with E-state index >= 15 is 0 Å². The first-order chi connectivity index (χ1) is 14.6. The molecule has 1 aromatic carbocycles. The van der Waals surface area contributed by atoms with Crippen LogP contribution in [0.3, 0.4) is 0 Å². The van der Waals surface area contributed by atoms with Crippen LogP contribution in [0.2, 0.25) is 0 Å². The minimum absolute atomic E-state index is 0. The van der Waals surface area contributed by atoms with Crippen molar-refractivity contribution in [2.24, 2.45) is 4.99 Å². The molecule has 2 aromatic rings. The van der Waals surface area contributed by atoms with E-state index in [1.165, 1.54) is 17.7 Å². The lowest BCUT2D eigenvalue weighted by atomic mass is 10.1. The van der Waals surface area contributed by atoms with Crippen LogP contribution in [0, 0.1) is 5.82 Å². The first-order valence-corrected chi connectivity index (χ1v) is 11.7. The van der Waals surface area contributed by atoms with Crippen LogP contribution >= 0.6 is 35.3 Å². The monoisotopic (exact) mass is 559 g/mol. The highest BCUT2D eigenvalue weighted by molar-refractivity contribution is 14.0. The van der Waals surface area contributed by atoms with Crippen molar-refractivity contribution in [3.8, 4) is 0 Å². The molecule has 3 rings (SSSR count). The number of benzene rings is 1. The Morgan fingerprint density at radius 3 is 2.65 bits per heavy atom. The molecule has 0 bridgehead atoms. The van der Waals surface area contributed by atoms with E-state index in [-0.39, 0.29) is 29.8 Å². The molecule has 2 N–H and O–H groups in total. The van der Waals surface area contributed by atoms with Gasteiger partial charge in [0.2, 0.25) is 0 Å². The zero-order valence-corrected chi connectivity index (χ0v) is 21.9. The number of aliphatic imine (C=N–C) groups is 1. The Morgan fingerprint density at radius 2 is 2.00 bits per heavy atom. The lowest BCUT2D eigenvalue weighted by Crippen LogP contribution is -2.42. The Bertz CT molecular complexity index is 806. The van der Waals surface area contributed by atoms with Crippen LogP contribution in [0.4, 0.5) is 4.39 Å². The molecule has 1 atom stereocenters. The quantitative estimate of drug-likeness (QED) is 0.271. The molecule has 31 heavy (non-hydrogen) atoms. The van der Waals surface area contributed by atoms with E-state index in [0.29, 0.717) is 24.7 Å². The van der Waals surface area contributed by atoms with Crippen LogP contribution in [0.25, 0.3) is 0 Å².